The van der Waals surface area contributed by atoms with Crippen LogP contribution in [0.4, 0.5) is 5.13 Å². The highest BCUT2D eigenvalue weighted by Crippen LogP contribution is 2.17. The fourth-order valence-electron chi connectivity index (χ4n) is 0.521. The number of nitrogen functional groups attached to an aromatic ring is 1. The van der Waals surface area contributed by atoms with E-state index in [2.05, 4.69) is 4.98 Å². The summed E-state index contributed by atoms with van der Waals surface area (Å²) in [5.41, 5.74) is 5.75. The summed E-state index contributed by atoms with van der Waals surface area (Å²) < 4.78 is 0. The van der Waals surface area contributed by atoms with E-state index < -0.39 is 0 Å². The number of hydrogen-bond acceptors (Lipinski definition) is 4. The monoisotopic (exact) mass is 175 g/mol. The minimum Gasteiger partial charge on any atom is -0.375 e. The van der Waals surface area contributed by atoms with Crippen molar-refractivity contribution in [2.75, 3.05) is 5.73 Å². The van der Waals surface area contributed by atoms with Gasteiger partial charge in [0.15, 0.2) is 10.8 Å². The molecule has 0 spiro atoms. The normalized spacial score (nSPS) is 8.00. The number of hydrogen-bond donors (Lipinski definition) is 1. The predicted molar refractivity (Wildman–Crippen MR) is 43.2 cm³/mol. The van der Waals surface area contributed by atoms with E-state index in [-0.39, 0.29) is 12.4 Å². The first-order valence-corrected chi connectivity index (χ1v) is 3.18. The van der Waals surface area contributed by atoms with Gasteiger partial charge in [-0.05, 0) is 6.92 Å². The van der Waals surface area contributed by atoms with Crippen LogP contribution in [-0.2, 0) is 0 Å². The van der Waals surface area contributed by atoms with Crippen LogP contribution in [0.2, 0.25) is 0 Å². The SMILES string of the molecule is Cc1sc(N)nc1C#N.Cl. The number of aromatic nitrogens is 1. The van der Waals surface area contributed by atoms with Crippen molar-refractivity contribution in [1.29, 1.82) is 5.26 Å². The molecular formula is C5H6ClN3S. The molecule has 0 saturated heterocycles. The van der Waals surface area contributed by atoms with Crippen molar-refractivity contribution in [3.05, 3.63) is 10.6 Å². The molecule has 5 heteroatoms. The molecule has 0 unspecified atom stereocenters. The Labute approximate surface area is 68.9 Å². The molecule has 2 N–H and O–H groups in total. The summed E-state index contributed by atoms with van der Waals surface area (Å²) in [4.78, 5) is 4.65. The van der Waals surface area contributed by atoms with Crippen LogP contribution in [0.3, 0.4) is 0 Å². The maximum atomic E-state index is 8.37. The second-order valence-electron chi connectivity index (χ2n) is 1.57. The highest BCUT2D eigenvalue weighted by atomic mass is 35.5. The number of nitrogens with two attached hydrogens (primary N) is 1. The van der Waals surface area contributed by atoms with E-state index in [0.29, 0.717) is 10.8 Å². The molecule has 10 heavy (non-hydrogen) atoms. The predicted octanol–water partition coefficient (Wildman–Crippen LogP) is 1.33. The largest absolute Gasteiger partial charge is 0.375 e. The number of anilines is 1. The van der Waals surface area contributed by atoms with E-state index in [1.54, 1.807) is 0 Å². The molecule has 0 aliphatic heterocycles. The van der Waals surface area contributed by atoms with Crippen LogP contribution in [0.25, 0.3) is 0 Å². The molecule has 0 bridgehead atoms. The average molecular weight is 176 g/mol. The number of nitriles is 1. The Bertz CT molecular complexity index is 262. The van der Waals surface area contributed by atoms with E-state index in [9.17, 15) is 0 Å². The van der Waals surface area contributed by atoms with Crippen LogP contribution in [0.5, 0.6) is 0 Å². The van der Waals surface area contributed by atoms with Gasteiger partial charge in [0.1, 0.15) is 6.07 Å². The molecular weight excluding hydrogens is 170 g/mol. The highest BCUT2D eigenvalue weighted by Gasteiger charge is 2.01. The van der Waals surface area contributed by atoms with Gasteiger partial charge in [0.05, 0.1) is 0 Å². The first kappa shape index (κ1) is 9.21. The third kappa shape index (κ3) is 1.59. The Hall–Kier alpha value is -0.790. The molecule has 0 aromatic carbocycles. The number of halogens is 1. The fraction of sp³-hybridized carbons (Fsp3) is 0.200. The standard InChI is InChI=1S/C5H5N3S.ClH/c1-3-4(2-6)8-5(7)9-3;/h1H3,(H2,7,8);1H. The number of nitrogens with zero attached hydrogens (tertiary/aromatic N) is 2. The summed E-state index contributed by atoms with van der Waals surface area (Å²) in [5.74, 6) is 0. The Morgan fingerprint density at radius 3 is 2.50 bits per heavy atom. The lowest BCUT2D eigenvalue weighted by Gasteiger charge is -1.74. The summed E-state index contributed by atoms with van der Waals surface area (Å²) >= 11 is 1.34. The van der Waals surface area contributed by atoms with Crippen molar-refractivity contribution < 1.29 is 0 Å². The lowest BCUT2D eigenvalue weighted by atomic mass is 10.4. The van der Waals surface area contributed by atoms with Crippen molar-refractivity contribution in [3.8, 4) is 6.07 Å². The zero-order valence-corrected chi connectivity index (χ0v) is 6.92. The van der Waals surface area contributed by atoms with Crippen LogP contribution in [0, 0.1) is 18.3 Å². The van der Waals surface area contributed by atoms with Crippen LogP contribution in [0.1, 0.15) is 10.6 Å². The van der Waals surface area contributed by atoms with Crippen LogP contribution in [-0.4, -0.2) is 4.98 Å². The van der Waals surface area contributed by atoms with Crippen LogP contribution in [0.15, 0.2) is 0 Å². The minimum absolute atomic E-state index is 0. The van der Waals surface area contributed by atoms with Crippen molar-refractivity contribution in [2.45, 2.75) is 6.92 Å². The van der Waals surface area contributed by atoms with Gasteiger partial charge in [-0.25, -0.2) is 4.98 Å². The Balaban J connectivity index is 0.000000810. The smallest absolute Gasteiger partial charge is 0.181 e. The van der Waals surface area contributed by atoms with Gasteiger partial charge in [-0.3, -0.25) is 0 Å². The van der Waals surface area contributed by atoms with Crippen molar-refractivity contribution in [3.63, 3.8) is 0 Å². The van der Waals surface area contributed by atoms with Crippen molar-refractivity contribution >= 4 is 28.9 Å². The zero-order valence-electron chi connectivity index (χ0n) is 5.29. The van der Waals surface area contributed by atoms with Crippen molar-refractivity contribution in [1.82, 2.24) is 4.98 Å². The molecule has 3 nitrogen and oxygen atoms in total. The molecule has 54 valence electrons. The molecule has 0 aliphatic rings. The topological polar surface area (TPSA) is 62.7 Å². The summed E-state index contributed by atoms with van der Waals surface area (Å²) in [6.07, 6.45) is 0. The average Bonchev–Trinajstić information content (AvgIpc) is 2.10. The summed E-state index contributed by atoms with van der Waals surface area (Å²) in [7, 11) is 0. The third-order valence-electron chi connectivity index (χ3n) is 0.919. The summed E-state index contributed by atoms with van der Waals surface area (Å²) in [6, 6.07) is 1.94. The maximum Gasteiger partial charge on any atom is 0.181 e. The van der Waals surface area contributed by atoms with Gasteiger partial charge >= 0.3 is 0 Å². The number of thiazole rings is 1. The molecule has 1 heterocycles. The second-order valence-corrected chi connectivity index (χ2v) is 2.80. The Morgan fingerprint density at radius 1 is 1.70 bits per heavy atom. The summed E-state index contributed by atoms with van der Waals surface area (Å²) in [6.45, 7) is 1.83. The maximum absolute atomic E-state index is 8.37. The van der Waals surface area contributed by atoms with E-state index in [4.69, 9.17) is 11.0 Å². The van der Waals surface area contributed by atoms with Gasteiger partial charge in [0.2, 0.25) is 0 Å². The van der Waals surface area contributed by atoms with Gasteiger partial charge in [-0.2, -0.15) is 5.26 Å². The van der Waals surface area contributed by atoms with Gasteiger partial charge in [-0.15, -0.1) is 23.7 Å². The summed E-state index contributed by atoms with van der Waals surface area (Å²) in [5, 5.41) is 8.83. The molecule has 1 aromatic rings. The molecule has 0 radical (unpaired) electrons. The van der Waals surface area contributed by atoms with E-state index >= 15 is 0 Å². The molecule has 0 amide bonds. The van der Waals surface area contributed by atoms with Crippen LogP contribution < -0.4 is 5.73 Å². The van der Waals surface area contributed by atoms with Gasteiger partial charge in [-0.1, -0.05) is 0 Å². The molecule has 1 rings (SSSR count). The van der Waals surface area contributed by atoms with Gasteiger partial charge in [0.25, 0.3) is 0 Å². The molecule has 1 aromatic heterocycles. The van der Waals surface area contributed by atoms with Gasteiger partial charge < -0.3 is 5.73 Å². The van der Waals surface area contributed by atoms with E-state index in [1.165, 1.54) is 11.3 Å². The lowest BCUT2D eigenvalue weighted by molar-refractivity contribution is 1.31. The minimum atomic E-state index is 0. The molecule has 0 atom stereocenters. The second kappa shape index (κ2) is 3.40. The Kier molecular flexibility index (Phi) is 3.13. The zero-order chi connectivity index (χ0) is 6.85. The lowest BCUT2D eigenvalue weighted by Crippen LogP contribution is -1.81. The highest BCUT2D eigenvalue weighted by molar-refractivity contribution is 7.15. The number of rotatable bonds is 0. The van der Waals surface area contributed by atoms with Crippen molar-refractivity contribution in [2.24, 2.45) is 0 Å². The van der Waals surface area contributed by atoms with E-state index in [1.807, 2.05) is 13.0 Å². The third-order valence-corrected chi connectivity index (χ3v) is 1.72. The first-order valence-electron chi connectivity index (χ1n) is 2.37. The number of aryl methyl sites for hydroxylation is 1. The van der Waals surface area contributed by atoms with Gasteiger partial charge in [0, 0.05) is 4.88 Å². The molecule has 0 aliphatic carbocycles. The quantitative estimate of drug-likeness (QED) is 0.647. The van der Waals surface area contributed by atoms with E-state index in [0.717, 1.165) is 4.88 Å². The first-order chi connectivity index (χ1) is 4.24. The Morgan fingerprint density at radius 2 is 2.30 bits per heavy atom. The fourth-order valence-corrected chi connectivity index (χ4v) is 1.16. The molecule has 0 fully saturated rings. The van der Waals surface area contributed by atoms with Crippen LogP contribution >= 0.6 is 23.7 Å². The molecule has 0 saturated carbocycles.